The Morgan fingerprint density at radius 3 is 2.35 bits per heavy atom. The molecule has 0 radical (unpaired) electrons. The molecule has 0 bridgehead atoms. The third-order valence-corrected chi connectivity index (χ3v) is 4.42. The summed E-state index contributed by atoms with van der Waals surface area (Å²) < 4.78 is 0. The van der Waals surface area contributed by atoms with E-state index in [9.17, 15) is 9.90 Å². The summed E-state index contributed by atoms with van der Waals surface area (Å²) in [5.41, 5.74) is 2.27. The van der Waals surface area contributed by atoms with Crippen LogP contribution in [0.25, 0.3) is 0 Å². The second kappa shape index (κ2) is 4.34. The zero-order valence-corrected chi connectivity index (χ0v) is 11.0. The SMILES string of the molecule is Cc1cc(C2(C(=O)O)CCCC2)cc(Cl)c1C. The van der Waals surface area contributed by atoms with E-state index in [4.69, 9.17) is 11.6 Å². The summed E-state index contributed by atoms with van der Waals surface area (Å²) in [5, 5.41) is 10.2. The molecule has 2 rings (SSSR count). The first-order valence-corrected chi connectivity index (χ1v) is 6.36. The fourth-order valence-corrected chi connectivity index (χ4v) is 2.96. The lowest BCUT2D eigenvalue weighted by atomic mass is 9.78. The summed E-state index contributed by atoms with van der Waals surface area (Å²) >= 11 is 6.17. The Balaban J connectivity index is 2.55. The summed E-state index contributed by atoms with van der Waals surface area (Å²) in [6.07, 6.45) is 3.41. The van der Waals surface area contributed by atoms with Gasteiger partial charge in [0.15, 0.2) is 0 Å². The molecule has 1 saturated carbocycles. The van der Waals surface area contributed by atoms with E-state index in [2.05, 4.69) is 0 Å². The van der Waals surface area contributed by atoms with Gasteiger partial charge in [0.05, 0.1) is 5.41 Å². The minimum absolute atomic E-state index is 0.674. The van der Waals surface area contributed by atoms with Gasteiger partial charge in [-0.3, -0.25) is 4.79 Å². The highest BCUT2D eigenvalue weighted by Gasteiger charge is 2.43. The van der Waals surface area contributed by atoms with E-state index < -0.39 is 11.4 Å². The Morgan fingerprint density at radius 2 is 1.88 bits per heavy atom. The maximum Gasteiger partial charge on any atom is 0.314 e. The van der Waals surface area contributed by atoms with Crippen molar-refractivity contribution in [2.45, 2.75) is 44.9 Å². The number of rotatable bonds is 2. The first-order valence-electron chi connectivity index (χ1n) is 5.98. The molecule has 0 spiro atoms. The molecule has 0 heterocycles. The van der Waals surface area contributed by atoms with Gasteiger partial charge in [-0.2, -0.15) is 0 Å². The Labute approximate surface area is 107 Å². The quantitative estimate of drug-likeness (QED) is 0.868. The number of hydrogen-bond donors (Lipinski definition) is 1. The van der Waals surface area contributed by atoms with E-state index in [1.54, 1.807) is 0 Å². The van der Waals surface area contributed by atoms with Crippen LogP contribution in [0.4, 0.5) is 0 Å². The molecule has 0 aliphatic heterocycles. The highest BCUT2D eigenvalue weighted by molar-refractivity contribution is 6.31. The number of benzene rings is 1. The second-order valence-electron chi connectivity index (χ2n) is 4.99. The average molecular weight is 253 g/mol. The van der Waals surface area contributed by atoms with Crippen molar-refractivity contribution >= 4 is 17.6 Å². The van der Waals surface area contributed by atoms with Crippen molar-refractivity contribution in [1.29, 1.82) is 0 Å². The molecule has 3 heteroatoms. The monoisotopic (exact) mass is 252 g/mol. The van der Waals surface area contributed by atoms with Gasteiger partial charge in [-0.15, -0.1) is 0 Å². The van der Waals surface area contributed by atoms with Gasteiger partial charge in [0.25, 0.3) is 0 Å². The van der Waals surface area contributed by atoms with Crippen molar-refractivity contribution in [1.82, 2.24) is 0 Å². The molecule has 0 aromatic heterocycles. The third-order valence-electron chi connectivity index (χ3n) is 4.02. The first-order chi connectivity index (χ1) is 7.97. The molecule has 0 saturated heterocycles. The predicted molar refractivity (Wildman–Crippen MR) is 68.7 cm³/mol. The Kier molecular flexibility index (Phi) is 3.17. The van der Waals surface area contributed by atoms with Gasteiger partial charge in [-0.05, 0) is 49.4 Å². The van der Waals surface area contributed by atoms with Gasteiger partial charge in [0, 0.05) is 5.02 Å². The lowest BCUT2D eigenvalue weighted by molar-refractivity contribution is -0.143. The average Bonchev–Trinajstić information content (AvgIpc) is 2.75. The molecule has 17 heavy (non-hydrogen) atoms. The van der Waals surface area contributed by atoms with Crippen LogP contribution in [-0.2, 0) is 10.2 Å². The minimum atomic E-state index is -0.714. The van der Waals surface area contributed by atoms with Crippen LogP contribution in [0.3, 0.4) is 0 Å². The second-order valence-corrected chi connectivity index (χ2v) is 5.40. The van der Waals surface area contributed by atoms with Crippen LogP contribution in [-0.4, -0.2) is 11.1 Å². The number of aryl methyl sites for hydroxylation is 1. The smallest absolute Gasteiger partial charge is 0.314 e. The summed E-state index contributed by atoms with van der Waals surface area (Å²) in [4.78, 5) is 11.6. The zero-order valence-electron chi connectivity index (χ0n) is 10.2. The van der Waals surface area contributed by atoms with Gasteiger partial charge >= 0.3 is 5.97 Å². The van der Waals surface area contributed by atoms with E-state index in [-0.39, 0.29) is 0 Å². The number of hydrogen-bond acceptors (Lipinski definition) is 1. The van der Waals surface area contributed by atoms with E-state index in [1.807, 2.05) is 26.0 Å². The van der Waals surface area contributed by atoms with Gasteiger partial charge in [0.1, 0.15) is 0 Å². The molecule has 0 atom stereocenters. The fourth-order valence-electron chi connectivity index (χ4n) is 2.70. The largest absolute Gasteiger partial charge is 0.481 e. The number of halogens is 1. The molecule has 0 unspecified atom stereocenters. The summed E-state index contributed by atoms with van der Waals surface area (Å²) in [6, 6.07) is 3.82. The van der Waals surface area contributed by atoms with E-state index in [0.29, 0.717) is 5.02 Å². The van der Waals surface area contributed by atoms with Crippen LogP contribution in [0.5, 0.6) is 0 Å². The molecule has 1 aromatic carbocycles. The van der Waals surface area contributed by atoms with Crippen LogP contribution in [0.2, 0.25) is 5.02 Å². The van der Waals surface area contributed by atoms with Crippen molar-refractivity contribution in [3.05, 3.63) is 33.8 Å². The summed E-state index contributed by atoms with van der Waals surface area (Å²) in [7, 11) is 0. The van der Waals surface area contributed by atoms with Crippen molar-refractivity contribution in [3.63, 3.8) is 0 Å². The first kappa shape index (κ1) is 12.4. The van der Waals surface area contributed by atoms with E-state index >= 15 is 0 Å². The van der Waals surface area contributed by atoms with Crippen LogP contribution >= 0.6 is 11.6 Å². The van der Waals surface area contributed by atoms with Crippen molar-refractivity contribution in [2.75, 3.05) is 0 Å². The highest BCUT2D eigenvalue weighted by Crippen LogP contribution is 2.42. The third kappa shape index (κ3) is 1.95. The topological polar surface area (TPSA) is 37.3 Å². The fraction of sp³-hybridized carbons (Fsp3) is 0.500. The van der Waals surface area contributed by atoms with Crippen LogP contribution < -0.4 is 0 Å². The molecule has 0 amide bonds. The minimum Gasteiger partial charge on any atom is -0.481 e. The molecule has 1 N–H and O–H groups in total. The highest BCUT2D eigenvalue weighted by atomic mass is 35.5. The summed E-state index contributed by atoms with van der Waals surface area (Å²) in [6.45, 7) is 3.94. The lowest BCUT2D eigenvalue weighted by Crippen LogP contribution is -2.32. The van der Waals surface area contributed by atoms with Crippen LogP contribution in [0, 0.1) is 13.8 Å². The van der Waals surface area contributed by atoms with Crippen molar-refractivity contribution < 1.29 is 9.90 Å². The number of carbonyl (C=O) groups is 1. The van der Waals surface area contributed by atoms with E-state index in [1.165, 1.54) is 0 Å². The molecular formula is C14H17ClO2. The molecule has 1 fully saturated rings. The zero-order chi connectivity index (χ0) is 12.6. The Hall–Kier alpha value is -1.02. The normalized spacial score (nSPS) is 18.3. The van der Waals surface area contributed by atoms with Gasteiger partial charge in [-0.25, -0.2) is 0 Å². The maximum atomic E-state index is 11.6. The Bertz CT molecular complexity index is 436. The van der Waals surface area contributed by atoms with Crippen molar-refractivity contribution in [2.24, 2.45) is 0 Å². The summed E-state index contributed by atoms with van der Waals surface area (Å²) in [5.74, 6) is -0.714. The molecular weight excluding hydrogens is 236 g/mol. The molecule has 92 valence electrons. The van der Waals surface area contributed by atoms with Gasteiger partial charge in [0.2, 0.25) is 0 Å². The van der Waals surface area contributed by atoms with Crippen LogP contribution in [0.15, 0.2) is 12.1 Å². The van der Waals surface area contributed by atoms with Crippen molar-refractivity contribution in [3.8, 4) is 0 Å². The standard InChI is InChI=1S/C14H17ClO2/c1-9-7-11(8-12(15)10(9)2)14(13(16)17)5-3-4-6-14/h7-8H,3-6H2,1-2H3,(H,16,17). The number of aliphatic carboxylic acids is 1. The molecule has 1 aliphatic rings. The molecule has 1 aromatic rings. The predicted octanol–water partition coefficient (Wildman–Crippen LogP) is 3.85. The van der Waals surface area contributed by atoms with E-state index in [0.717, 1.165) is 42.4 Å². The number of carboxylic acids is 1. The van der Waals surface area contributed by atoms with Gasteiger partial charge in [-0.1, -0.05) is 30.5 Å². The van der Waals surface area contributed by atoms with Crippen LogP contribution in [0.1, 0.15) is 42.4 Å². The molecule has 1 aliphatic carbocycles. The maximum absolute atomic E-state index is 11.6. The van der Waals surface area contributed by atoms with Gasteiger partial charge < -0.3 is 5.11 Å². The number of carboxylic acid groups (broad SMARTS) is 1. The molecule has 2 nitrogen and oxygen atoms in total. The lowest BCUT2D eigenvalue weighted by Gasteiger charge is -2.25. The Morgan fingerprint density at radius 1 is 1.29 bits per heavy atom.